The first-order valence-corrected chi connectivity index (χ1v) is 12.5. The van der Waals surface area contributed by atoms with Crippen molar-refractivity contribution in [2.45, 2.75) is 77.6 Å². The number of nitrogens with zero attached hydrogens (tertiary/aromatic N) is 3. The molecule has 1 aromatic carbocycles. The zero-order valence-electron chi connectivity index (χ0n) is 19.1. The Hall–Kier alpha value is -2.06. The zero-order chi connectivity index (χ0) is 23.3. The van der Waals surface area contributed by atoms with Crippen LogP contribution in [0.3, 0.4) is 0 Å². The van der Waals surface area contributed by atoms with E-state index in [2.05, 4.69) is 10.3 Å². The number of halogens is 1. The van der Waals surface area contributed by atoms with Gasteiger partial charge in [-0.3, -0.25) is 0 Å². The molecule has 0 unspecified atom stereocenters. The number of carbonyl (C=O) groups is 1. The minimum absolute atomic E-state index is 0.00274. The zero-order valence-corrected chi connectivity index (χ0v) is 20.7. The normalized spacial score (nSPS) is 12.1. The van der Waals surface area contributed by atoms with Gasteiger partial charge in [-0.05, 0) is 51.3 Å². The Morgan fingerprint density at radius 2 is 1.87 bits per heavy atom. The van der Waals surface area contributed by atoms with Gasteiger partial charge in [0.25, 0.3) is 0 Å². The lowest BCUT2D eigenvalue weighted by atomic mass is 10.2. The second-order valence-electron chi connectivity index (χ2n) is 8.75. The van der Waals surface area contributed by atoms with E-state index in [-0.39, 0.29) is 41.5 Å². The Morgan fingerprint density at radius 1 is 1.19 bits per heavy atom. The van der Waals surface area contributed by atoms with Gasteiger partial charge in [0.1, 0.15) is 0 Å². The molecule has 2 rings (SSSR count). The summed E-state index contributed by atoms with van der Waals surface area (Å²) in [5, 5.41) is 3.41. The number of urea groups is 1. The predicted molar refractivity (Wildman–Crippen MR) is 124 cm³/mol. The minimum atomic E-state index is -3.71. The van der Waals surface area contributed by atoms with Gasteiger partial charge >= 0.3 is 6.03 Å². The monoisotopic (exact) mass is 468 g/mol. The Labute approximate surface area is 190 Å². The van der Waals surface area contributed by atoms with Crippen LogP contribution in [-0.4, -0.2) is 41.0 Å². The molecule has 0 saturated carbocycles. The highest BCUT2D eigenvalue weighted by atomic mass is 35.5. The molecular weight excluding hydrogens is 436 g/mol. The molecule has 0 fully saturated rings. The molecule has 0 saturated heterocycles. The molecule has 31 heavy (non-hydrogen) atoms. The summed E-state index contributed by atoms with van der Waals surface area (Å²) >= 11 is 6.02. The SMILES string of the molecule is CC(C)Cn1c(CN(C(=O)NC(C)C)C(C)C)cnc1S(=O)(=O)Cc1cccc(Cl)c1. The first-order chi connectivity index (χ1) is 14.4. The van der Waals surface area contributed by atoms with Crippen molar-refractivity contribution in [3.8, 4) is 0 Å². The molecule has 2 amide bonds. The van der Waals surface area contributed by atoms with Gasteiger partial charge in [-0.25, -0.2) is 18.2 Å². The smallest absolute Gasteiger partial charge is 0.318 e. The summed E-state index contributed by atoms with van der Waals surface area (Å²) in [6, 6.07) is 6.57. The van der Waals surface area contributed by atoms with Crippen molar-refractivity contribution in [3.05, 3.63) is 46.7 Å². The number of nitrogens with one attached hydrogen (secondary N) is 1. The minimum Gasteiger partial charge on any atom is -0.336 e. The third-order valence-corrected chi connectivity index (χ3v) is 6.43. The quantitative estimate of drug-likeness (QED) is 0.587. The van der Waals surface area contributed by atoms with Crippen LogP contribution >= 0.6 is 11.6 Å². The lowest BCUT2D eigenvalue weighted by Gasteiger charge is -2.28. The van der Waals surface area contributed by atoms with Crippen LogP contribution < -0.4 is 5.32 Å². The molecule has 0 radical (unpaired) electrons. The van der Waals surface area contributed by atoms with E-state index in [1.807, 2.05) is 41.5 Å². The number of rotatable bonds is 9. The maximum absolute atomic E-state index is 13.2. The molecule has 1 heterocycles. The maximum Gasteiger partial charge on any atom is 0.318 e. The van der Waals surface area contributed by atoms with E-state index in [4.69, 9.17) is 11.6 Å². The van der Waals surface area contributed by atoms with Crippen molar-refractivity contribution in [1.82, 2.24) is 19.8 Å². The summed E-state index contributed by atoms with van der Waals surface area (Å²) in [6.07, 6.45) is 1.56. The Kier molecular flexibility index (Phi) is 8.54. The molecule has 0 spiro atoms. The van der Waals surface area contributed by atoms with E-state index in [1.54, 1.807) is 39.9 Å². The lowest BCUT2D eigenvalue weighted by molar-refractivity contribution is 0.175. The lowest BCUT2D eigenvalue weighted by Crippen LogP contribution is -2.46. The van der Waals surface area contributed by atoms with E-state index < -0.39 is 9.84 Å². The Morgan fingerprint density at radius 3 is 2.42 bits per heavy atom. The van der Waals surface area contributed by atoms with Crippen molar-refractivity contribution < 1.29 is 13.2 Å². The molecule has 1 N–H and O–H groups in total. The van der Waals surface area contributed by atoms with E-state index in [0.717, 1.165) is 0 Å². The molecule has 172 valence electrons. The van der Waals surface area contributed by atoms with Crippen LogP contribution in [0, 0.1) is 5.92 Å². The molecule has 2 aromatic rings. The van der Waals surface area contributed by atoms with Gasteiger partial charge in [0.05, 0.1) is 24.2 Å². The fourth-order valence-electron chi connectivity index (χ4n) is 3.23. The van der Waals surface area contributed by atoms with E-state index in [9.17, 15) is 13.2 Å². The van der Waals surface area contributed by atoms with Crippen molar-refractivity contribution >= 4 is 27.5 Å². The summed E-state index contributed by atoms with van der Waals surface area (Å²) < 4.78 is 28.1. The Balaban J connectivity index is 2.41. The fourth-order valence-corrected chi connectivity index (χ4v) is 4.93. The topological polar surface area (TPSA) is 84.3 Å². The van der Waals surface area contributed by atoms with Gasteiger partial charge < -0.3 is 14.8 Å². The van der Waals surface area contributed by atoms with Crippen molar-refractivity contribution in [1.29, 1.82) is 0 Å². The highest BCUT2D eigenvalue weighted by Crippen LogP contribution is 2.22. The summed E-state index contributed by atoms with van der Waals surface area (Å²) in [5.74, 6) is 0.00849. The van der Waals surface area contributed by atoms with Gasteiger partial charge in [0.15, 0.2) is 0 Å². The van der Waals surface area contributed by atoms with Crippen LogP contribution in [0.5, 0.6) is 0 Å². The molecule has 0 aliphatic heterocycles. The molecule has 0 aliphatic carbocycles. The van der Waals surface area contributed by atoms with Gasteiger partial charge in [-0.15, -0.1) is 0 Å². The number of imidazole rings is 1. The van der Waals surface area contributed by atoms with Crippen LogP contribution in [0.15, 0.2) is 35.6 Å². The number of carbonyl (C=O) groups excluding carboxylic acids is 1. The molecule has 9 heteroatoms. The summed E-state index contributed by atoms with van der Waals surface area (Å²) in [4.78, 5) is 18.6. The highest BCUT2D eigenvalue weighted by molar-refractivity contribution is 7.90. The number of hydrogen-bond donors (Lipinski definition) is 1. The van der Waals surface area contributed by atoms with Gasteiger partial charge in [0, 0.05) is 23.7 Å². The summed E-state index contributed by atoms with van der Waals surface area (Å²) in [7, 11) is -3.71. The molecular formula is C22H33ClN4O3S. The average molecular weight is 469 g/mol. The number of amides is 2. The van der Waals surface area contributed by atoms with E-state index >= 15 is 0 Å². The second-order valence-corrected chi connectivity index (χ2v) is 11.1. The fraction of sp³-hybridized carbons (Fsp3) is 0.545. The molecule has 1 aromatic heterocycles. The number of aromatic nitrogens is 2. The maximum atomic E-state index is 13.2. The van der Waals surface area contributed by atoms with Crippen molar-refractivity contribution in [3.63, 3.8) is 0 Å². The summed E-state index contributed by atoms with van der Waals surface area (Å²) in [6.45, 7) is 12.4. The third kappa shape index (κ3) is 6.97. The third-order valence-electron chi connectivity index (χ3n) is 4.60. The average Bonchev–Trinajstić information content (AvgIpc) is 3.00. The Bertz CT molecular complexity index is 1000. The first-order valence-electron chi connectivity index (χ1n) is 10.5. The van der Waals surface area contributed by atoms with Crippen LogP contribution in [0.25, 0.3) is 0 Å². The van der Waals surface area contributed by atoms with E-state index in [1.165, 1.54) is 0 Å². The van der Waals surface area contributed by atoms with Gasteiger partial charge in [0.2, 0.25) is 15.0 Å². The number of benzene rings is 1. The molecule has 0 bridgehead atoms. The van der Waals surface area contributed by atoms with Gasteiger partial charge in [-0.2, -0.15) is 0 Å². The standard InChI is InChI=1S/C22H33ClN4O3S/c1-15(2)12-27-20(13-26(17(5)6)21(28)25-16(3)4)11-24-22(27)31(29,30)14-18-8-7-9-19(23)10-18/h7-11,15-17H,12-14H2,1-6H3,(H,25,28). The van der Waals surface area contributed by atoms with Crippen LogP contribution in [-0.2, 0) is 28.7 Å². The highest BCUT2D eigenvalue weighted by Gasteiger charge is 2.27. The van der Waals surface area contributed by atoms with Crippen LogP contribution in [0.1, 0.15) is 52.8 Å². The predicted octanol–water partition coefficient (Wildman–Crippen LogP) is 4.49. The number of sulfone groups is 1. The van der Waals surface area contributed by atoms with Crippen molar-refractivity contribution in [2.24, 2.45) is 5.92 Å². The van der Waals surface area contributed by atoms with Crippen LogP contribution in [0.2, 0.25) is 5.02 Å². The molecule has 0 aliphatic rings. The van der Waals surface area contributed by atoms with Crippen LogP contribution in [0.4, 0.5) is 4.79 Å². The first kappa shape index (κ1) is 25.2. The largest absolute Gasteiger partial charge is 0.336 e. The number of hydrogen-bond acceptors (Lipinski definition) is 4. The van der Waals surface area contributed by atoms with E-state index in [0.29, 0.717) is 22.8 Å². The summed E-state index contributed by atoms with van der Waals surface area (Å²) in [5.41, 5.74) is 1.29. The van der Waals surface area contributed by atoms with Gasteiger partial charge in [-0.1, -0.05) is 37.6 Å². The molecule has 0 atom stereocenters. The second kappa shape index (κ2) is 10.5. The van der Waals surface area contributed by atoms with Crippen molar-refractivity contribution in [2.75, 3.05) is 0 Å². The molecule has 7 nitrogen and oxygen atoms in total.